The van der Waals surface area contributed by atoms with Crippen LogP contribution in [0, 0.1) is 0 Å². The normalized spacial score (nSPS) is 11.9. The molecule has 3 aromatic heterocycles. The molecule has 0 radical (unpaired) electrons. The zero-order valence-corrected chi connectivity index (χ0v) is 16.5. The molecule has 1 amide bonds. The summed E-state index contributed by atoms with van der Waals surface area (Å²) in [5, 5.41) is 13.4. The van der Waals surface area contributed by atoms with Crippen molar-refractivity contribution in [1.29, 1.82) is 0 Å². The van der Waals surface area contributed by atoms with E-state index in [9.17, 15) is 4.79 Å². The van der Waals surface area contributed by atoms with Gasteiger partial charge in [-0.15, -0.1) is 11.3 Å². The van der Waals surface area contributed by atoms with Crippen LogP contribution in [0.25, 0.3) is 22.5 Å². The number of nitrogens with one attached hydrogen (secondary N) is 2. The SMILES string of the molecule is CC(NC(=O)c1cc(-c2ccc(Cl)cc2)n[nH]1)c1nc(-c2ccncc2)cs1. The van der Waals surface area contributed by atoms with Gasteiger partial charge in [0.15, 0.2) is 0 Å². The number of thiazole rings is 1. The van der Waals surface area contributed by atoms with Crippen LogP contribution in [-0.2, 0) is 0 Å². The molecule has 0 aliphatic rings. The number of amides is 1. The Morgan fingerprint density at radius 3 is 2.57 bits per heavy atom. The zero-order valence-electron chi connectivity index (χ0n) is 14.9. The zero-order chi connectivity index (χ0) is 19.5. The monoisotopic (exact) mass is 409 g/mol. The molecule has 8 heteroatoms. The van der Waals surface area contributed by atoms with Gasteiger partial charge in [-0.3, -0.25) is 14.9 Å². The van der Waals surface area contributed by atoms with Gasteiger partial charge in [0.05, 0.1) is 17.4 Å². The first kappa shape index (κ1) is 18.3. The van der Waals surface area contributed by atoms with E-state index in [-0.39, 0.29) is 11.9 Å². The van der Waals surface area contributed by atoms with Crippen molar-refractivity contribution in [3.63, 3.8) is 0 Å². The maximum Gasteiger partial charge on any atom is 0.269 e. The minimum atomic E-state index is -0.235. The van der Waals surface area contributed by atoms with Crippen LogP contribution >= 0.6 is 22.9 Å². The molecular weight excluding hydrogens is 394 g/mol. The van der Waals surface area contributed by atoms with Crippen molar-refractivity contribution in [1.82, 2.24) is 25.5 Å². The molecule has 0 spiro atoms. The molecule has 140 valence electrons. The molecule has 0 aliphatic heterocycles. The molecule has 1 unspecified atom stereocenters. The molecular formula is C20H16ClN5OS. The number of H-pyrrole nitrogens is 1. The van der Waals surface area contributed by atoms with Crippen molar-refractivity contribution in [2.45, 2.75) is 13.0 Å². The van der Waals surface area contributed by atoms with Crippen molar-refractivity contribution in [3.8, 4) is 22.5 Å². The van der Waals surface area contributed by atoms with Crippen molar-refractivity contribution < 1.29 is 4.79 Å². The van der Waals surface area contributed by atoms with Crippen LogP contribution in [0.3, 0.4) is 0 Å². The van der Waals surface area contributed by atoms with Gasteiger partial charge in [-0.25, -0.2) is 4.98 Å². The van der Waals surface area contributed by atoms with Gasteiger partial charge >= 0.3 is 0 Å². The first-order valence-corrected chi connectivity index (χ1v) is 9.84. The molecule has 1 aromatic carbocycles. The first-order valence-electron chi connectivity index (χ1n) is 8.58. The van der Waals surface area contributed by atoms with Gasteiger partial charge in [0.25, 0.3) is 5.91 Å². The number of nitrogens with zero attached hydrogens (tertiary/aromatic N) is 3. The number of carbonyl (C=O) groups excluding carboxylic acids is 1. The predicted molar refractivity (Wildman–Crippen MR) is 110 cm³/mol. The van der Waals surface area contributed by atoms with Gasteiger partial charge in [-0.05, 0) is 37.3 Å². The van der Waals surface area contributed by atoms with Gasteiger partial charge in [0.2, 0.25) is 0 Å². The number of halogens is 1. The Hall–Kier alpha value is -3.03. The minimum absolute atomic E-state index is 0.227. The minimum Gasteiger partial charge on any atom is -0.342 e. The third kappa shape index (κ3) is 3.95. The molecule has 0 aliphatic carbocycles. The summed E-state index contributed by atoms with van der Waals surface area (Å²) >= 11 is 7.42. The van der Waals surface area contributed by atoms with Gasteiger partial charge < -0.3 is 5.32 Å². The third-order valence-corrected chi connectivity index (χ3v) is 5.46. The number of hydrogen-bond acceptors (Lipinski definition) is 5. The summed E-state index contributed by atoms with van der Waals surface area (Å²) < 4.78 is 0. The number of rotatable bonds is 5. The van der Waals surface area contributed by atoms with E-state index in [2.05, 4.69) is 25.5 Å². The number of aromatic amines is 1. The van der Waals surface area contributed by atoms with Crippen LogP contribution in [0.2, 0.25) is 5.02 Å². The highest BCUT2D eigenvalue weighted by Gasteiger charge is 2.17. The maximum atomic E-state index is 12.6. The van der Waals surface area contributed by atoms with E-state index < -0.39 is 0 Å². The van der Waals surface area contributed by atoms with E-state index in [0.29, 0.717) is 16.4 Å². The van der Waals surface area contributed by atoms with E-state index in [1.165, 1.54) is 11.3 Å². The molecule has 4 aromatic rings. The van der Waals surface area contributed by atoms with Crippen molar-refractivity contribution in [2.75, 3.05) is 0 Å². The van der Waals surface area contributed by atoms with E-state index in [0.717, 1.165) is 21.8 Å². The van der Waals surface area contributed by atoms with Crippen molar-refractivity contribution in [2.24, 2.45) is 0 Å². The van der Waals surface area contributed by atoms with Crippen molar-refractivity contribution >= 4 is 28.8 Å². The fourth-order valence-electron chi connectivity index (χ4n) is 2.68. The van der Waals surface area contributed by atoms with E-state index in [4.69, 9.17) is 11.6 Å². The number of carbonyl (C=O) groups is 1. The lowest BCUT2D eigenvalue weighted by Gasteiger charge is -2.09. The molecule has 0 saturated carbocycles. The average molecular weight is 410 g/mol. The van der Waals surface area contributed by atoms with Crippen LogP contribution in [0.4, 0.5) is 0 Å². The predicted octanol–water partition coefficient (Wildman–Crippen LogP) is 4.74. The maximum absolute atomic E-state index is 12.6. The summed E-state index contributed by atoms with van der Waals surface area (Å²) in [5.41, 5.74) is 3.83. The highest BCUT2D eigenvalue weighted by molar-refractivity contribution is 7.10. The Kier molecular flexibility index (Phi) is 5.18. The topological polar surface area (TPSA) is 83.6 Å². The molecule has 28 heavy (non-hydrogen) atoms. The molecule has 0 bridgehead atoms. The number of hydrogen-bond donors (Lipinski definition) is 2. The van der Waals surface area contributed by atoms with Crippen LogP contribution in [0.15, 0.2) is 60.2 Å². The molecule has 1 atom stereocenters. The Morgan fingerprint density at radius 2 is 1.82 bits per heavy atom. The Labute approximate surface area is 170 Å². The lowest BCUT2D eigenvalue weighted by molar-refractivity contribution is 0.0934. The fourth-order valence-corrected chi connectivity index (χ4v) is 3.65. The first-order chi connectivity index (χ1) is 13.6. The Balaban J connectivity index is 1.45. The average Bonchev–Trinajstić information content (AvgIpc) is 3.39. The summed E-state index contributed by atoms with van der Waals surface area (Å²) in [6.07, 6.45) is 3.46. The van der Waals surface area contributed by atoms with Crippen LogP contribution in [-0.4, -0.2) is 26.1 Å². The lowest BCUT2D eigenvalue weighted by atomic mass is 10.1. The van der Waals surface area contributed by atoms with Gasteiger partial charge in [-0.1, -0.05) is 23.7 Å². The molecule has 0 saturated heterocycles. The number of benzene rings is 1. The highest BCUT2D eigenvalue weighted by Crippen LogP contribution is 2.25. The van der Waals surface area contributed by atoms with Crippen LogP contribution in [0.1, 0.15) is 28.5 Å². The van der Waals surface area contributed by atoms with Crippen molar-refractivity contribution in [3.05, 3.63) is 76.0 Å². The van der Waals surface area contributed by atoms with E-state index >= 15 is 0 Å². The van der Waals surface area contributed by atoms with E-state index in [1.807, 2.05) is 36.6 Å². The third-order valence-electron chi connectivity index (χ3n) is 4.18. The second-order valence-corrected chi connectivity index (χ2v) is 7.50. The van der Waals surface area contributed by atoms with Crippen LogP contribution < -0.4 is 5.32 Å². The highest BCUT2D eigenvalue weighted by atomic mass is 35.5. The molecule has 2 N–H and O–H groups in total. The van der Waals surface area contributed by atoms with Crippen LogP contribution in [0.5, 0.6) is 0 Å². The number of pyridine rings is 1. The molecule has 6 nitrogen and oxygen atoms in total. The van der Waals surface area contributed by atoms with Gasteiger partial charge in [0.1, 0.15) is 10.7 Å². The summed E-state index contributed by atoms with van der Waals surface area (Å²) in [4.78, 5) is 21.2. The second kappa shape index (κ2) is 7.92. The van der Waals surface area contributed by atoms with Gasteiger partial charge in [0, 0.05) is 33.9 Å². The van der Waals surface area contributed by atoms with E-state index in [1.54, 1.807) is 30.6 Å². The molecule has 4 rings (SSSR count). The summed E-state index contributed by atoms with van der Waals surface area (Å²) in [7, 11) is 0. The smallest absolute Gasteiger partial charge is 0.269 e. The Morgan fingerprint density at radius 1 is 1.11 bits per heavy atom. The molecule has 3 heterocycles. The fraction of sp³-hybridized carbons (Fsp3) is 0.100. The quantitative estimate of drug-likeness (QED) is 0.498. The standard InChI is InChI=1S/C20H16ClN5OS/c1-12(20-24-18(11-28-20)14-6-8-22-9-7-14)23-19(27)17-10-16(25-26-17)13-2-4-15(21)5-3-13/h2-12H,1H3,(H,23,27)(H,25,26). The summed E-state index contributed by atoms with van der Waals surface area (Å²) in [6.45, 7) is 1.91. The second-order valence-electron chi connectivity index (χ2n) is 6.18. The largest absolute Gasteiger partial charge is 0.342 e. The van der Waals surface area contributed by atoms with Gasteiger partial charge in [-0.2, -0.15) is 5.10 Å². The lowest BCUT2D eigenvalue weighted by Crippen LogP contribution is -2.26. The molecule has 0 fully saturated rings. The Bertz CT molecular complexity index is 1090. The summed E-state index contributed by atoms with van der Waals surface area (Å²) in [6, 6.07) is 12.6. The number of aromatic nitrogens is 4. The summed E-state index contributed by atoms with van der Waals surface area (Å²) in [5.74, 6) is -0.235.